The second kappa shape index (κ2) is 8.74. The highest BCUT2D eigenvalue weighted by atomic mass is 35.5. The van der Waals surface area contributed by atoms with E-state index in [1.165, 1.54) is 4.57 Å². The number of aliphatic carboxylic acids is 1. The van der Waals surface area contributed by atoms with Gasteiger partial charge in [0.2, 0.25) is 5.91 Å². The van der Waals surface area contributed by atoms with Crippen LogP contribution in [-0.4, -0.2) is 51.6 Å². The van der Waals surface area contributed by atoms with Crippen LogP contribution in [-0.2, 0) is 25.7 Å². The lowest BCUT2D eigenvalue weighted by Gasteiger charge is -2.31. The number of likely N-dealkylation sites (tertiary alicyclic amines) is 1. The predicted molar refractivity (Wildman–Crippen MR) is 104 cm³/mol. The molecule has 28 heavy (non-hydrogen) atoms. The standard InChI is InChI=1S/C18H19ClN2O6S/c19-11-1-2-13-14(9-11)28-18(26)21(13)10-15(22)20-7-5-12(6-8-20)27-17(25)4-3-16(23)24/h1-2,9,12H,3-8,10H2,(H,23,24). The average molecular weight is 427 g/mol. The van der Waals surface area contributed by atoms with E-state index in [4.69, 9.17) is 21.4 Å². The van der Waals surface area contributed by atoms with E-state index < -0.39 is 11.9 Å². The lowest BCUT2D eigenvalue weighted by Crippen LogP contribution is -2.43. The molecule has 1 aliphatic heterocycles. The van der Waals surface area contributed by atoms with Crippen molar-refractivity contribution in [1.82, 2.24) is 9.47 Å². The number of rotatable bonds is 6. The molecule has 10 heteroatoms. The van der Waals surface area contributed by atoms with E-state index in [9.17, 15) is 19.2 Å². The van der Waals surface area contributed by atoms with Crippen LogP contribution >= 0.6 is 22.9 Å². The maximum atomic E-state index is 12.6. The topological polar surface area (TPSA) is 106 Å². The fraction of sp³-hybridized carbons (Fsp3) is 0.444. The second-order valence-electron chi connectivity index (χ2n) is 6.53. The van der Waals surface area contributed by atoms with E-state index in [2.05, 4.69) is 0 Å². The number of carbonyl (C=O) groups is 3. The molecule has 3 rings (SSSR count). The number of amides is 1. The van der Waals surface area contributed by atoms with Gasteiger partial charge in [0.15, 0.2) is 0 Å². The van der Waals surface area contributed by atoms with Crippen molar-refractivity contribution < 1.29 is 24.2 Å². The Morgan fingerprint density at radius 1 is 1.21 bits per heavy atom. The third-order valence-corrected chi connectivity index (χ3v) is 5.74. The van der Waals surface area contributed by atoms with Gasteiger partial charge in [0, 0.05) is 31.0 Å². The van der Waals surface area contributed by atoms with Crippen molar-refractivity contribution >= 4 is 51.0 Å². The molecule has 1 N–H and O–H groups in total. The van der Waals surface area contributed by atoms with Crippen LogP contribution in [0.4, 0.5) is 0 Å². The quantitative estimate of drug-likeness (QED) is 0.709. The van der Waals surface area contributed by atoms with Gasteiger partial charge in [0.25, 0.3) is 0 Å². The van der Waals surface area contributed by atoms with E-state index in [1.807, 2.05) is 0 Å². The number of carbonyl (C=O) groups excluding carboxylic acids is 2. The van der Waals surface area contributed by atoms with Crippen LogP contribution in [0.5, 0.6) is 0 Å². The molecular formula is C18H19ClN2O6S. The molecule has 1 aromatic heterocycles. The molecule has 2 heterocycles. The van der Waals surface area contributed by atoms with Gasteiger partial charge in [-0.1, -0.05) is 22.9 Å². The lowest BCUT2D eigenvalue weighted by molar-refractivity contribution is -0.154. The molecule has 0 radical (unpaired) electrons. The summed E-state index contributed by atoms with van der Waals surface area (Å²) in [5.74, 6) is -1.76. The maximum Gasteiger partial charge on any atom is 0.308 e. The number of hydrogen-bond donors (Lipinski definition) is 1. The van der Waals surface area contributed by atoms with Crippen molar-refractivity contribution in [3.63, 3.8) is 0 Å². The van der Waals surface area contributed by atoms with Crippen LogP contribution < -0.4 is 4.87 Å². The Morgan fingerprint density at radius 2 is 1.93 bits per heavy atom. The summed E-state index contributed by atoms with van der Waals surface area (Å²) >= 11 is 7.00. The highest BCUT2D eigenvalue weighted by molar-refractivity contribution is 7.16. The summed E-state index contributed by atoms with van der Waals surface area (Å²) in [7, 11) is 0. The number of nitrogens with zero attached hydrogens (tertiary/aromatic N) is 2. The fourth-order valence-electron chi connectivity index (χ4n) is 3.10. The van der Waals surface area contributed by atoms with E-state index in [0.29, 0.717) is 36.5 Å². The first kappa shape index (κ1) is 20.3. The summed E-state index contributed by atoms with van der Waals surface area (Å²) in [6.07, 6.45) is 0.230. The average Bonchev–Trinajstić information content (AvgIpc) is 2.95. The first-order chi connectivity index (χ1) is 13.3. The lowest BCUT2D eigenvalue weighted by atomic mass is 10.1. The third kappa shape index (κ3) is 4.90. The van der Waals surface area contributed by atoms with Gasteiger partial charge in [-0.15, -0.1) is 0 Å². The van der Waals surface area contributed by atoms with Crippen molar-refractivity contribution in [2.45, 2.75) is 38.3 Å². The normalized spacial score (nSPS) is 15.0. The number of carboxylic acids is 1. The van der Waals surface area contributed by atoms with Crippen molar-refractivity contribution in [2.24, 2.45) is 0 Å². The summed E-state index contributed by atoms with van der Waals surface area (Å²) in [5, 5.41) is 9.12. The Kier molecular flexibility index (Phi) is 6.35. The van der Waals surface area contributed by atoms with Crippen LogP contribution in [0.3, 0.4) is 0 Å². The largest absolute Gasteiger partial charge is 0.481 e. The minimum absolute atomic E-state index is 0.0521. The summed E-state index contributed by atoms with van der Waals surface area (Å²) in [5.41, 5.74) is 0.676. The molecule has 0 atom stereocenters. The zero-order valence-corrected chi connectivity index (χ0v) is 16.5. The van der Waals surface area contributed by atoms with E-state index in [-0.39, 0.29) is 36.3 Å². The predicted octanol–water partition coefficient (Wildman–Crippen LogP) is 2.12. The molecule has 0 spiro atoms. The SMILES string of the molecule is O=C(O)CCC(=O)OC1CCN(C(=O)Cn2c(=O)sc3cc(Cl)ccc32)CC1. The number of piperidine rings is 1. The van der Waals surface area contributed by atoms with Crippen LogP contribution in [0.2, 0.25) is 5.02 Å². The van der Waals surface area contributed by atoms with Crippen LogP contribution in [0.15, 0.2) is 23.0 Å². The number of esters is 1. The molecule has 1 saturated heterocycles. The van der Waals surface area contributed by atoms with Crippen molar-refractivity contribution in [2.75, 3.05) is 13.1 Å². The second-order valence-corrected chi connectivity index (χ2v) is 7.96. The fourth-order valence-corrected chi connectivity index (χ4v) is 4.27. The zero-order valence-electron chi connectivity index (χ0n) is 14.9. The van der Waals surface area contributed by atoms with Gasteiger partial charge < -0.3 is 14.7 Å². The van der Waals surface area contributed by atoms with E-state index >= 15 is 0 Å². The molecule has 8 nitrogen and oxygen atoms in total. The number of aromatic nitrogens is 1. The molecule has 2 aromatic rings. The summed E-state index contributed by atoms with van der Waals surface area (Å²) < 4.78 is 7.43. The molecule has 0 unspecified atom stereocenters. The maximum absolute atomic E-state index is 12.6. The number of carboxylic acid groups (broad SMARTS) is 1. The van der Waals surface area contributed by atoms with Crippen LogP contribution in [0.25, 0.3) is 10.2 Å². The number of benzene rings is 1. The Labute approximate surface area is 169 Å². The number of halogens is 1. The van der Waals surface area contributed by atoms with Gasteiger partial charge >= 0.3 is 16.8 Å². The number of hydrogen-bond acceptors (Lipinski definition) is 6. The molecule has 1 amide bonds. The Hall–Kier alpha value is -2.39. The molecule has 1 fully saturated rings. The van der Waals surface area contributed by atoms with Crippen molar-refractivity contribution in [3.8, 4) is 0 Å². The summed E-state index contributed by atoms with van der Waals surface area (Å²) in [6.45, 7) is 0.778. The van der Waals surface area contributed by atoms with Crippen molar-refractivity contribution in [3.05, 3.63) is 32.9 Å². The minimum Gasteiger partial charge on any atom is -0.481 e. The monoisotopic (exact) mass is 426 g/mol. The third-order valence-electron chi connectivity index (χ3n) is 4.56. The van der Waals surface area contributed by atoms with Gasteiger partial charge in [-0.3, -0.25) is 23.7 Å². The van der Waals surface area contributed by atoms with Gasteiger partial charge in [-0.25, -0.2) is 0 Å². The highest BCUT2D eigenvalue weighted by Gasteiger charge is 2.26. The summed E-state index contributed by atoms with van der Waals surface area (Å²) in [4.78, 5) is 48.4. The van der Waals surface area contributed by atoms with Crippen LogP contribution in [0, 0.1) is 0 Å². The smallest absolute Gasteiger partial charge is 0.308 e. The summed E-state index contributed by atoms with van der Waals surface area (Å²) in [6, 6.07) is 5.11. The van der Waals surface area contributed by atoms with Gasteiger partial charge in [-0.05, 0) is 18.2 Å². The Balaban J connectivity index is 1.55. The molecule has 1 aliphatic rings. The zero-order chi connectivity index (χ0) is 20.3. The van der Waals surface area contributed by atoms with E-state index in [1.54, 1.807) is 23.1 Å². The van der Waals surface area contributed by atoms with Gasteiger partial charge in [0.05, 0.1) is 23.1 Å². The molecule has 0 bridgehead atoms. The number of thiazole rings is 1. The minimum atomic E-state index is -1.05. The molecule has 1 aromatic carbocycles. The Morgan fingerprint density at radius 3 is 2.61 bits per heavy atom. The number of ether oxygens (including phenoxy) is 1. The van der Waals surface area contributed by atoms with Gasteiger partial charge in [0.1, 0.15) is 12.6 Å². The van der Waals surface area contributed by atoms with Gasteiger partial charge in [-0.2, -0.15) is 0 Å². The molecule has 0 aliphatic carbocycles. The first-order valence-electron chi connectivity index (χ1n) is 8.81. The molecule has 150 valence electrons. The molecule has 0 saturated carbocycles. The Bertz CT molecular complexity index is 961. The van der Waals surface area contributed by atoms with Crippen LogP contribution in [0.1, 0.15) is 25.7 Å². The van der Waals surface area contributed by atoms with Crippen molar-refractivity contribution in [1.29, 1.82) is 0 Å². The first-order valence-corrected chi connectivity index (χ1v) is 10.0. The van der Waals surface area contributed by atoms with E-state index in [0.717, 1.165) is 16.0 Å². The number of fused-ring (bicyclic) bond motifs is 1. The highest BCUT2D eigenvalue weighted by Crippen LogP contribution is 2.22. The molecular weight excluding hydrogens is 408 g/mol.